The van der Waals surface area contributed by atoms with E-state index in [-0.39, 0.29) is 41.4 Å². The number of ether oxygens (including phenoxy) is 2. The molecule has 5 aliphatic rings. The van der Waals surface area contributed by atoms with Crippen molar-refractivity contribution in [3.05, 3.63) is 11.6 Å². The van der Waals surface area contributed by atoms with Gasteiger partial charge in [-0.2, -0.15) is 25.3 Å². The smallest absolute Gasteiger partial charge is 0.387 e. The molecule has 1 saturated heterocycles. The Balaban J connectivity index is 1.41. The Labute approximate surface area is 307 Å². The fourth-order valence-electron chi connectivity index (χ4n) is 10.7. The van der Waals surface area contributed by atoms with Gasteiger partial charge in [-0.15, -0.1) is 0 Å². The van der Waals surface area contributed by atoms with Gasteiger partial charge in [0.05, 0.1) is 24.4 Å². The molecule has 0 aromatic rings. The maximum atomic E-state index is 11.7. The summed E-state index contributed by atoms with van der Waals surface area (Å²) in [6.07, 6.45) is -2.04. The van der Waals surface area contributed by atoms with Crippen molar-refractivity contribution in [1.82, 2.24) is 0 Å². The number of allylic oxidation sites excluding steroid dienone is 2. The number of rotatable bonds is 13. The molecule has 52 heavy (non-hydrogen) atoms. The van der Waals surface area contributed by atoms with Crippen LogP contribution in [0.1, 0.15) is 99.3 Å². The van der Waals surface area contributed by atoms with Crippen molar-refractivity contribution >= 4 is 31.2 Å². The van der Waals surface area contributed by atoms with Crippen molar-refractivity contribution in [3.8, 4) is 0 Å². The second-order valence-corrected chi connectivity index (χ2v) is 19.8. The van der Waals surface area contributed by atoms with Crippen LogP contribution in [0.25, 0.3) is 0 Å². The van der Waals surface area contributed by atoms with Crippen LogP contribution in [-0.4, -0.2) is 98.1 Å². The van der Waals surface area contributed by atoms with Gasteiger partial charge < -0.3 is 19.7 Å². The highest BCUT2D eigenvalue weighted by Crippen LogP contribution is 2.67. The number of aliphatic hydroxyl groups is 2. The van der Waals surface area contributed by atoms with Crippen molar-refractivity contribution in [2.75, 3.05) is 0 Å². The van der Waals surface area contributed by atoms with Gasteiger partial charge in [0.2, 0.25) is 0 Å². The maximum absolute atomic E-state index is 11.7. The molecule has 0 bridgehead atoms. The largest absolute Gasteiger partial charge is 0.397 e. The summed E-state index contributed by atoms with van der Waals surface area (Å²) >= 11 is 0. The first-order valence-electron chi connectivity index (χ1n) is 18.2. The molecule has 0 amide bonds. The quantitative estimate of drug-likeness (QED) is 0.132. The molecule has 3 saturated carbocycles. The van der Waals surface area contributed by atoms with E-state index in [0.29, 0.717) is 38.0 Å². The molecule has 15 atom stereocenters. The van der Waals surface area contributed by atoms with Gasteiger partial charge in [-0.1, -0.05) is 46.3 Å². The van der Waals surface area contributed by atoms with E-state index in [1.165, 1.54) is 12.5 Å². The number of fused-ring (bicyclic) bond motifs is 5. The fourth-order valence-corrected chi connectivity index (χ4v) is 12.4. The maximum Gasteiger partial charge on any atom is 0.397 e. The number of hydrogen-bond acceptors (Lipinski definition) is 13. The summed E-state index contributed by atoms with van der Waals surface area (Å²) in [6, 6.07) is 0. The summed E-state index contributed by atoms with van der Waals surface area (Å²) in [7, 11) is -14.3. The Morgan fingerprint density at radius 1 is 0.865 bits per heavy atom. The van der Waals surface area contributed by atoms with Crippen molar-refractivity contribution in [2.45, 2.75) is 148 Å². The predicted molar refractivity (Wildman–Crippen MR) is 184 cm³/mol. The molecule has 302 valence electrons. The average Bonchev–Trinajstić information content (AvgIpc) is 3.36. The molecule has 5 rings (SSSR count). The Hall–Kier alpha value is -0.810. The van der Waals surface area contributed by atoms with Crippen LogP contribution in [0.3, 0.4) is 0 Å². The first-order chi connectivity index (χ1) is 23.8. The summed E-state index contributed by atoms with van der Waals surface area (Å²) in [5, 5.41) is 21.9. The van der Waals surface area contributed by atoms with Crippen LogP contribution >= 0.6 is 0 Å². The summed E-state index contributed by atoms with van der Waals surface area (Å²) in [6.45, 7) is 11.7. The van der Waals surface area contributed by atoms with Gasteiger partial charge in [-0.25, -0.2) is 12.5 Å². The molecule has 4 fully saturated rings. The van der Waals surface area contributed by atoms with Crippen LogP contribution in [0, 0.1) is 46.3 Å². The van der Waals surface area contributed by atoms with Gasteiger partial charge in [-0.05, 0) is 111 Å². The highest BCUT2D eigenvalue weighted by Gasteiger charge is 2.61. The van der Waals surface area contributed by atoms with Crippen LogP contribution in [0.5, 0.6) is 0 Å². The third-order valence-corrected chi connectivity index (χ3v) is 14.7. The highest BCUT2D eigenvalue weighted by molar-refractivity contribution is 7.81. The molecular formula is C33H56O16S3. The normalized spacial score (nSPS) is 42.5. The first-order valence-corrected chi connectivity index (χ1v) is 22.3. The Morgan fingerprint density at radius 2 is 1.52 bits per heavy atom. The summed E-state index contributed by atoms with van der Waals surface area (Å²) < 4.78 is 124. The summed E-state index contributed by atoms with van der Waals surface area (Å²) in [4.78, 5) is 0. The highest BCUT2D eigenvalue weighted by atomic mass is 32.3. The summed E-state index contributed by atoms with van der Waals surface area (Å²) in [5.41, 5.74) is 0.672. The van der Waals surface area contributed by atoms with Crippen LogP contribution in [0.4, 0.5) is 0 Å². The second kappa shape index (κ2) is 15.3. The van der Waals surface area contributed by atoms with E-state index in [0.717, 1.165) is 19.3 Å². The van der Waals surface area contributed by atoms with Crippen LogP contribution in [-0.2, 0) is 53.2 Å². The summed E-state index contributed by atoms with van der Waals surface area (Å²) in [5.74, 6) is 0.337. The van der Waals surface area contributed by atoms with Crippen molar-refractivity contribution in [1.29, 1.82) is 0 Å². The predicted octanol–water partition coefficient (Wildman–Crippen LogP) is 3.66. The zero-order chi connectivity index (χ0) is 38.8. The first kappa shape index (κ1) is 42.3. The monoisotopic (exact) mass is 804 g/mol. The van der Waals surface area contributed by atoms with E-state index < -0.39 is 85.6 Å². The Kier molecular flexibility index (Phi) is 12.4. The van der Waals surface area contributed by atoms with Crippen LogP contribution in [0.2, 0.25) is 0 Å². The van der Waals surface area contributed by atoms with Gasteiger partial charge in [0, 0.05) is 0 Å². The molecule has 0 spiro atoms. The number of aliphatic hydroxyl groups excluding tert-OH is 2. The van der Waals surface area contributed by atoms with E-state index in [1.54, 1.807) is 0 Å². The minimum atomic E-state index is -4.98. The Morgan fingerprint density at radius 3 is 2.12 bits per heavy atom. The van der Waals surface area contributed by atoms with E-state index >= 15 is 0 Å². The molecule has 4 aliphatic carbocycles. The molecule has 1 heterocycles. The van der Waals surface area contributed by atoms with E-state index in [4.69, 9.17) is 17.8 Å². The lowest BCUT2D eigenvalue weighted by Gasteiger charge is -2.59. The third kappa shape index (κ3) is 9.08. The second-order valence-electron chi connectivity index (χ2n) is 16.7. The van der Waals surface area contributed by atoms with Gasteiger partial charge in [0.25, 0.3) is 0 Å². The lowest BCUT2D eigenvalue weighted by molar-refractivity contribution is -0.312. The molecule has 0 radical (unpaired) electrons. The van der Waals surface area contributed by atoms with E-state index in [1.807, 2.05) is 13.8 Å². The van der Waals surface area contributed by atoms with Gasteiger partial charge in [-0.3, -0.25) is 13.7 Å². The SMILES string of the molecule is CC1O[C@@H](O[C@H]2C[C@@H]3C(=CC[C@]4(C)[C@@H]([C@H](C)CC[C@H](OS(=O)(=O)O)C(C)C)CC[C@@H]34)[C@@]3(C)CC[C@H](OS(=O)(=O)O)C[C@H]23)C(O)C(O)[C@@H]1OS(=O)(=O)O. The lowest BCUT2D eigenvalue weighted by Crippen LogP contribution is -2.61. The molecule has 0 aromatic carbocycles. The van der Waals surface area contributed by atoms with Gasteiger partial charge >= 0.3 is 31.2 Å². The van der Waals surface area contributed by atoms with Crippen LogP contribution in [0.15, 0.2) is 11.6 Å². The lowest BCUT2D eigenvalue weighted by atomic mass is 9.47. The zero-order valence-corrected chi connectivity index (χ0v) is 32.9. The molecule has 16 nitrogen and oxygen atoms in total. The molecule has 5 N–H and O–H groups in total. The molecule has 3 unspecified atom stereocenters. The van der Waals surface area contributed by atoms with Crippen LogP contribution < -0.4 is 0 Å². The van der Waals surface area contributed by atoms with Crippen molar-refractivity contribution in [2.24, 2.45) is 46.3 Å². The standard InChI is InChI=1S/C33H56O16S3/c1-17(2)26(48-51(39,40)41)10-7-18(3)22-8-9-23-21-16-27(46-31-29(35)28(34)30(19(4)45-31)49-52(42,43)44)25-15-20(47-50(36,37)38)11-13-33(25,6)24(21)12-14-32(22,23)5/h12,17-23,25-31,34-35H,7-11,13-16H2,1-6H3,(H,36,37,38)(H,39,40,41)(H,42,43,44)/t18-,19?,20+,21+,22-,23+,25-,26+,27+,28?,29?,30-,31+,32-,33-/m1/s1. The van der Waals surface area contributed by atoms with Crippen molar-refractivity contribution < 1.29 is 71.1 Å². The topological polar surface area (TPSA) is 250 Å². The minimum absolute atomic E-state index is 0.0474. The third-order valence-electron chi connectivity index (χ3n) is 13.2. The van der Waals surface area contributed by atoms with E-state index in [9.17, 15) is 49.1 Å². The molecule has 0 aromatic heterocycles. The molecule has 1 aliphatic heterocycles. The zero-order valence-electron chi connectivity index (χ0n) is 30.5. The van der Waals surface area contributed by atoms with E-state index in [2.05, 4.69) is 31.0 Å². The minimum Gasteiger partial charge on any atom is -0.387 e. The Bertz CT molecular complexity index is 1650. The fraction of sp³-hybridized carbons (Fsp3) is 0.939. The van der Waals surface area contributed by atoms with Gasteiger partial charge in [0.15, 0.2) is 6.29 Å². The molecule has 19 heteroatoms. The van der Waals surface area contributed by atoms with Crippen molar-refractivity contribution in [3.63, 3.8) is 0 Å². The number of hydrogen-bond donors (Lipinski definition) is 5. The van der Waals surface area contributed by atoms with Gasteiger partial charge in [0.1, 0.15) is 18.3 Å². The average molecular weight is 805 g/mol. The molecular weight excluding hydrogens is 749 g/mol.